The van der Waals surface area contributed by atoms with Crippen LogP contribution in [0.1, 0.15) is 22.8 Å². The summed E-state index contributed by atoms with van der Waals surface area (Å²) in [4.78, 5) is 12.6. The molecule has 0 aliphatic heterocycles. The maximum Gasteiger partial charge on any atom is 0.256 e. The van der Waals surface area contributed by atoms with Crippen LogP contribution in [0.15, 0.2) is 66.7 Å². The number of anilines is 1. The Kier molecular flexibility index (Phi) is 3.69. The summed E-state index contributed by atoms with van der Waals surface area (Å²) in [6.45, 7) is 2.09. The molecule has 2 nitrogen and oxygen atoms in total. The first-order valence-electron chi connectivity index (χ1n) is 7.16. The van der Waals surface area contributed by atoms with Crippen LogP contribution in [0.4, 0.5) is 5.69 Å². The van der Waals surface area contributed by atoms with E-state index in [1.807, 2.05) is 66.7 Å². The number of hydrogen-bond acceptors (Lipinski definition) is 1. The lowest BCUT2D eigenvalue weighted by atomic mass is 10.0. The summed E-state index contributed by atoms with van der Waals surface area (Å²) in [5, 5.41) is 5.09. The number of rotatable bonds is 3. The number of carbonyl (C=O) groups is 1. The molecule has 0 unspecified atom stereocenters. The van der Waals surface area contributed by atoms with Crippen LogP contribution < -0.4 is 5.32 Å². The van der Waals surface area contributed by atoms with Gasteiger partial charge in [0.25, 0.3) is 5.91 Å². The molecule has 2 heteroatoms. The summed E-state index contributed by atoms with van der Waals surface area (Å²) in [7, 11) is 0. The number of carbonyl (C=O) groups excluding carboxylic acids is 1. The predicted molar refractivity (Wildman–Crippen MR) is 87.7 cm³/mol. The molecular weight excluding hydrogens is 258 g/mol. The van der Waals surface area contributed by atoms with E-state index in [1.165, 1.54) is 0 Å². The van der Waals surface area contributed by atoms with Gasteiger partial charge in [-0.15, -0.1) is 0 Å². The second-order valence-corrected chi connectivity index (χ2v) is 4.99. The first-order chi connectivity index (χ1) is 10.3. The number of nitrogens with one attached hydrogen (secondary N) is 1. The fourth-order valence-corrected chi connectivity index (χ4v) is 2.56. The van der Waals surface area contributed by atoms with Gasteiger partial charge in [-0.25, -0.2) is 0 Å². The van der Waals surface area contributed by atoms with Crippen molar-refractivity contribution < 1.29 is 4.79 Å². The van der Waals surface area contributed by atoms with Crippen molar-refractivity contribution in [2.45, 2.75) is 13.3 Å². The normalized spacial score (nSPS) is 10.5. The minimum absolute atomic E-state index is 0.0623. The number of benzene rings is 3. The maximum absolute atomic E-state index is 12.6. The fourth-order valence-electron chi connectivity index (χ4n) is 2.56. The summed E-state index contributed by atoms with van der Waals surface area (Å²) in [6.07, 6.45) is 0.895. The molecule has 3 aromatic rings. The van der Waals surface area contributed by atoms with Crippen LogP contribution in [0.25, 0.3) is 10.8 Å². The molecule has 0 saturated carbocycles. The summed E-state index contributed by atoms with van der Waals surface area (Å²) in [5.41, 5.74) is 2.74. The molecule has 0 aliphatic carbocycles. The van der Waals surface area contributed by atoms with Gasteiger partial charge in [0.15, 0.2) is 0 Å². The highest BCUT2D eigenvalue weighted by Gasteiger charge is 2.11. The highest BCUT2D eigenvalue weighted by molar-refractivity contribution is 6.13. The van der Waals surface area contributed by atoms with Gasteiger partial charge in [0, 0.05) is 11.3 Å². The summed E-state index contributed by atoms with van der Waals surface area (Å²) < 4.78 is 0. The van der Waals surface area contributed by atoms with Crippen molar-refractivity contribution >= 4 is 22.4 Å². The van der Waals surface area contributed by atoms with E-state index in [0.29, 0.717) is 5.56 Å². The standard InChI is InChI=1S/C19H17NO/c1-2-14-8-4-6-13-18(14)20-19(21)17-12-7-10-15-9-3-5-11-16(15)17/h3-13H,2H2,1H3,(H,20,21). The molecule has 0 aromatic heterocycles. The maximum atomic E-state index is 12.6. The number of para-hydroxylation sites is 1. The Hall–Kier alpha value is -2.61. The van der Waals surface area contributed by atoms with Crippen molar-refractivity contribution in [2.24, 2.45) is 0 Å². The zero-order chi connectivity index (χ0) is 14.7. The lowest BCUT2D eigenvalue weighted by Crippen LogP contribution is -2.13. The highest BCUT2D eigenvalue weighted by Crippen LogP contribution is 2.21. The molecular formula is C19H17NO. The Labute approximate surface area is 124 Å². The minimum atomic E-state index is -0.0623. The van der Waals surface area contributed by atoms with E-state index < -0.39 is 0 Å². The van der Waals surface area contributed by atoms with Crippen LogP contribution in [0.5, 0.6) is 0 Å². The Bertz CT molecular complexity index is 787. The fraction of sp³-hybridized carbons (Fsp3) is 0.105. The smallest absolute Gasteiger partial charge is 0.256 e. The lowest BCUT2D eigenvalue weighted by Gasteiger charge is -2.11. The van der Waals surface area contributed by atoms with Gasteiger partial charge in [0.2, 0.25) is 0 Å². The third-order valence-corrected chi connectivity index (χ3v) is 3.68. The van der Waals surface area contributed by atoms with Crippen LogP contribution in [-0.4, -0.2) is 5.91 Å². The third kappa shape index (κ3) is 2.65. The average Bonchev–Trinajstić information content (AvgIpc) is 2.54. The van der Waals surface area contributed by atoms with Crippen molar-refractivity contribution in [3.63, 3.8) is 0 Å². The van der Waals surface area contributed by atoms with E-state index in [0.717, 1.165) is 28.4 Å². The van der Waals surface area contributed by atoms with Gasteiger partial charge in [0.05, 0.1) is 0 Å². The summed E-state index contributed by atoms with van der Waals surface area (Å²) in [5.74, 6) is -0.0623. The zero-order valence-corrected chi connectivity index (χ0v) is 12.0. The van der Waals surface area contributed by atoms with Crippen molar-refractivity contribution in [1.82, 2.24) is 0 Å². The predicted octanol–water partition coefficient (Wildman–Crippen LogP) is 4.65. The van der Waals surface area contributed by atoms with Crippen molar-refractivity contribution in [3.05, 3.63) is 77.9 Å². The highest BCUT2D eigenvalue weighted by atomic mass is 16.1. The summed E-state index contributed by atoms with van der Waals surface area (Å²) >= 11 is 0. The van der Waals surface area contributed by atoms with E-state index in [1.54, 1.807) is 0 Å². The van der Waals surface area contributed by atoms with E-state index in [-0.39, 0.29) is 5.91 Å². The zero-order valence-electron chi connectivity index (χ0n) is 12.0. The summed E-state index contributed by atoms with van der Waals surface area (Å²) in [6, 6.07) is 21.7. The first-order valence-corrected chi connectivity index (χ1v) is 7.16. The Morgan fingerprint density at radius 3 is 2.48 bits per heavy atom. The van der Waals surface area contributed by atoms with Gasteiger partial charge >= 0.3 is 0 Å². The molecule has 104 valence electrons. The molecule has 0 radical (unpaired) electrons. The molecule has 0 heterocycles. The number of hydrogen-bond donors (Lipinski definition) is 1. The molecule has 0 atom stereocenters. The Morgan fingerprint density at radius 1 is 0.905 bits per heavy atom. The second-order valence-electron chi connectivity index (χ2n) is 4.99. The monoisotopic (exact) mass is 275 g/mol. The number of fused-ring (bicyclic) bond motifs is 1. The van der Waals surface area contributed by atoms with E-state index in [4.69, 9.17) is 0 Å². The SMILES string of the molecule is CCc1ccccc1NC(=O)c1cccc2ccccc12. The average molecular weight is 275 g/mol. The molecule has 0 fully saturated rings. The van der Waals surface area contributed by atoms with Crippen molar-refractivity contribution in [3.8, 4) is 0 Å². The molecule has 1 amide bonds. The number of aryl methyl sites for hydroxylation is 1. The molecule has 3 aromatic carbocycles. The van der Waals surface area contributed by atoms with Crippen LogP contribution >= 0.6 is 0 Å². The molecule has 3 rings (SSSR count). The van der Waals surface area contributed by atoms with Crippen LogP contribution in [0, 0.1) is 0 Å². The molecule has 0 spiro atoms. The topological polar surface area (TPSA) is 29.1 Å². The number of amides is 1. The van der Waals surface area contributed by atoms with Gasteiger partial charge in [-0.1, -0.05) is 61.5 Å². The Morgan fingerprint density at radius 2 is 1.62 bits per heavy atom. The van der Waals surface area contributed by atoms with E-state index >= 15 is 0 Å². The van der Waals surface area contributed by atoms with Crippen molar-refractivity contribution in [2.75, 3.05) is 5.32 Å². The second kappa shape index (κ2) is 5.80. The van der Waals surface area contributed by atoms with E-state index in [9.17, 15) is 4.79 Å². The largest absolute Gasteiger partial charge is 0.322 e. The lowest BCUT2D eigenvalue weighted by molar-refractivity contribution is 0.102. The minimum Gasteiger partial charge on any atom is -0.322 e. The third-order valence-electron chi connectivity index (χ3n) is 3.68. The van der Waals surface area contributed by atoms with Gasteiger partial charge in [-0.3, -0.25) is 4.79 Å². The van der Waals surface area contributed by atoms with Crippen LogP contribution in [0.2, 0.25) is 0 Å². The van der Waals surface area contributed by atoms with E-state index in [2.05, 4.69) is 12.2 Å². The molecule has 21 heavy (non-hydrogen) atoms. The van der Waals surface area contributed by atoms with Gasteiger partial charge in [-0.2, -0.15) is 0 Å². The van der Waals surface area contributed by atoms with Gasteiger partial charge in [0.1, 0.15) is 0 Å². The molecule has 0 bridgehead atoms. The van der Waals surface area contributed by atoms with Gasteiger partial charge < -0.3 is 5.32 Å². The van der Waals surface area contributed by atoms with Gasteiger partial charge in [-0.05, 0) is 34.9 Å². The first kappa shape index (κ1) is 13.4. The molecule has 0 aliphatic rings. The van der Waals surface area contributed by atoms with Crippen LogP contribution in [-0.2, 0) is 6.42 Å². The quantitative estimate of drug-likeness (QED) is 0.740. The molecule has 1 N–H and O–H groups in total. The van der Waals surface area contributed by atoms with Crippen LogP contribution in [0.3, 0.4) is 0 Å². The Balaban J connectivity index is 1.98. The molecule has 0 saturated heterocycles. The van der Waals surface area contributed by atoms with Crippen molar-refractivity contribution in [1.29, 1.82) is 0 Å².